The van der Waals surface area contributed by atoms with Gasteiger partial charge in [-0.15, -0.1) is 11.3 Å². The number of aromatic amines is 1. The smallest absolute Gasteiger partial charge is 0.275 e. The van der Waals surface area contributed by atoms with Gasteiger partial charge in [0.1, 0.15) is 11.3 Å². The summed E-state index contributed by atoms with van der Waals surface area (Å²) in [6.07, 6.45) is 1.88. The van der Waals surface area contributed by atoms with Crippen LogP contribution in [0.15, 0.2) is 54.0 Å². The molecule has 1 aliphatic heterocycles. The monoisotopic (exact) mass is 433 g/mol. The fourth-order valence-corrected chi connectivity index (χ4v) is 4.33. The van der Waals surface area contributed by atoms with Gasteiger partial charge in [-0.05, 0) is 30.3 Å². The maximum atomic E-state index is 12.8. The van der Waals surface area contributed by atoms with Crippen molar-refractivity contribution in [3.8, 4) is 0 Å². The molecule has 8 nitrogen and oxygen atoms in total. The van der Waals surface area contributed by atoms with Gasteiger partial charge in [0.25, 0.3) is 5.91 Å². The highest BCUT2D eigenvalue weighted by Crippen LogP contribution is 2.27. The SMILES string of the molecule is O=C(Nc1ccccc1N1CCNCC1)c1csc(NCc2ccc3cc[nH]c3n2)n1. The van der Waals surface area contributed by atoms with Crippen LogP contribution >= 0.6 is 11.3 Å². The highest BCUT2D eigenvalue weighted by atomic mass is 32.1. The number of rotatable bonds is 6. The summed E-state index contributed by atoms with van der Waals surface area (Å²) >= 11 is 1.41. The molecule has 0 bridgehead atoms. The Morgan fingerprint density at radius 1 is 1.10 bits per heavy atom. The zero-order valence-corrected chi connectivity index (χ0v) is 17.7. The molecule has 5 rings (SSSR count). The molecule has 1 amide bonds. The molecule has 9 heteroatoms. The maximum Gasteiger partial charge on any atom is 0.275 e. The Hall–Kier alpha value is -3.43. The molecule has 0 spiro atoms. The molecule has 0 saturated carbocycles. The van der Waals surface area contributed by atoms with Crippen molar-refractivity contribution in [1.29, 1.82) is 0 Å². The van der Waals surface area contributed by atoms with E-state index in [1.165, 1.54) is 11.3 Å². The minimum Gasteiger partial charge on any atom is -0.367 e. The van der Waals surface area contributed by atoms with Crippen LogP contribution in [0.3, 0.4) is 0 Å². The number of aromatic nitrogens is 3. The molecule has 1 fully saturated rings. The van der Waals surface area contributed by atoms with Crippen molar-refractivity contribution in [3.63, 3.8) is 0 Å². The molecule has 31 heavy (non-hydrogen) atoms. The van der Waals surface area contributed by atoms with Crippen LogP contribution in [0.4, 0.5) is 16.5 Å². The van der Waals surface area contributed by atoms with Gasteiger partial charge in [-0.1, -0.05) is 12.1 Å². The number of pyridine rings is 1. The number of nitrogens with zero attached hydrogens (tertiary/aromatic N) is 3. The molecule has 1 aromatic carbocycles. The number of fused-ring (bicyclic) bond motifs is 1. The van der Waals surface area contributed by atoms with Gasteiger partial charge in [-0.2, -0.15) is 0 Å². The minimum absolute atomic E-state index is 0.210. The zero-order valence-electron chi connectivity index (χ0n) is 16.9. The highest BCUT2D eigenvalue weighted by Gasteiger charge is 2.17. The van der Waals surface area contributed by atoms with Gasteiger partial charge < -0.3 is 25.8 Å². The van der Waals surface area contributed by atoms with E-state index in [1.54, 1.807) is 5.38 Å². The van der Waals surface area contributed by atoms with Crippen LogP contribution in [0.25, 0.3) is 11.0 Å². The third-order valence-corrected chi connectivity index (χ3v) is 6.03. The molecule has 0 unspecified atom stereocenters. The van der Waals surface area contributed by atoms with Crippen LogP contribution in [0, 0.1) is 0 Å². The number of para-hydroxylation sites is 2. The average Bonchev–Trinajstić information content (AvgIpc) is 3.48. The van der Waals surface area contributed by atoms with Gasteiger partial charge in [-0.25, -0.2) is 9.97 Å². The summed E-state index contributed by atoms with van der Waals surface area (Å²) in [7, 11) is 0. The molecular weight excluding hydrogens is 410 g/mol. The summed E-state index contributed by atoms with van der Waals surface area (Å²) in [5.41, 5.74) is 4.01. The first-order valence-electron chi connectivity index (χ1n) is 10.2. The van der Waals surface area contributed by atoms with Gasteiger partial charge in [0, 0.05) is 43.1 Å². The van der Waals surface area contributed by atoms with E-state index in [2.05, 4.69) is 35.8 Å². The van der Waals surface area contributed by atoms with Crippen molar-refractivity contribution in [1.82, 2.24) is 20.3 Å². The lowest BCUT2D eigenvalue weighted by atomic mass is 10.2. The fourth-order valence-electron chi connectivity index (χ4n) is 3.64. The lowest BCUT2D eigenvalue weighted by Crippen LogP contribution is -2.43. The summed E-state index contributed by atoms with van der Waals surface area (Å²) in [6.45, 7) is 4.25. The van der Waals surface area contributed by atoms with E-state index in [0.29, 0.717) is 17.4 Å². The first kappa shape index (κ1) is 19.5. The highest BCUT2D eigenvalue weighted by molar-refractivity contribution is 7.13. The molecule has 3 aromatic heterocycles. The van der Waals surface area contributed by atoms with Crippen molar-refractivity contribution in [2.45, 2.75) is 6.54 Å². The number of hydrogen-bond donors (Lipinski definition) is 4. The fraction of sp³-hybridized carbons (Fsp3) is 0.227. The molecule has 4 N–H and O–H groups in total. The Labute approximate surface area is 183 Å². The number of amides is 1. The first-order valence-corrected chi connectivity index (χ1v) is 11.1. The molecule has 4 heterocycles. The standard InChI is InChI=1S/C22H23N7OS/c30-21(27-17-3-1-2-4-19(17)29-11-9-23-10-12-29)18-14-31-22(28-18)25-13-16-6-5-15-7-8-24-20(15)26-16/h1-8,14,23H,9-13H2,(H,24,26)(H,25,28)(H,27,30). The number of nitrogens with one attached hydrogen (secondary N) is 4. The van der Waals surface area contributed by atoms with E-state index >= 15 is 0 Å². The van der Waals surface area contributed by atoms with Crippen molar-refractivity contribution in [2.75, 3.05) is 41.7 Å². The second kappa shape index (κ2) is 8.75. The van der Waals surface area contributed by atoms with Crippen LogP contribution in [-0.2, 0) is 6.54 Å². The third-order valence-electron chi connectivity index (χ3n) is 5.23. The van der Waals surface area contributed by atoms with E-state index < -0.39 is 0 Å². The van der Waals surface area contributed by atoms with Crippen molar-refractivity contribution in [2.24, 2.45) is 0 Å². The van der Waals surface area contributed by atoms with E-state index in [9.17, 15) is 4.79 Å². The number of piperazine rings is 1. The Morgan fingerprint density at radius 3 is 2.87 bits per heavy atom. The quantitative estimate of drug-likeness (QED) is 0.373. The number of thiazole rings is 1. The summed E-state index contributed by atoms with van der Waals surface area (Å²) in [5, 5.41) is 13.2. The number of H-pyrrole nitrogens is 1. The number of benzene rings is 1. The summed E-state index contributed by atoms with van der Waals surface area (Å²) in [5.74, 6) is -0.210. The summed E-state index contributed by atoms with van der Waals surface area (Å²) < 4.78 is 0. The van der Waals surface area contributed by atoms with Crippen LogP contribution in [0.1, 0.15) is 16.2 Å². The van der Waals surface area contributed by atoms with Crippen LogP contribution in [0.2, 0.25) is 0 Å². The first-order chi connectivity index (χ1) is 15.3. The predicted octanol–water partition coefficient (Wildman–Crippen LogP) is 3.29. The second-order valence-electron chi connectivity index (χ2n) is 7.32. The Kier molecular flexibility index (Phi) is 5.51. The van der Waals surface area contributed by atoms with E-state index in [4.69, 9.17) is 0 Å². The summed E-state index contributed by atoms with van der Waals surface area (Å²) in [4.78, 5) is 27.2. The number of carbonyl (C=O) groups excluding carboxylic acids is 1. The average molecular weight is 434 g/mol. The van der Waals surface area contributed by atoms with Crippen LogP contribution < -0.4 is 20.9 Å². The van der Waals surface area contributed by atoms with E-state index in [-0.39, 0.29) is 5.91 Å². The molecule has 1 saturated heterocycles. The Bertz CT molecular complexity index is 1200. The van der Waals surface area contributed by atoms with Gasteiger partial charge in [-0.3, -0.25) is 4.79 Å². The number of carbonyl (C=O) groups is 1. The molecular formula is C22H23N7OS. The summed E-state index contributed by atoms with van der Waals surface area (Å²) in [6, 6.07) is 13.9. The molecule has 0 radical (unpaired) electrons. The number of hydrogen-bond acceptors (Lipinski definition) is 7. The Morgan fingerprint density at radius 2 is 1.97 bits per heavy atom. The predicted molar refractivity (Wildman–Crippen MR) is 125 cm³/mol. The van der Waals surface area contributed by atoms with Crippen LogP contribution in [-0.4, -0.2) is 47.0 Å². The van der Waals surface area contributed by atoms with Gasteiger partial charge in [0.2, 0.25) is 0 Å². The topological polar surface area (TPSA) is 98.0 Å². The molecule has 0 aliphatic carbocycles. The van der Waals surface area contributed by atoms with Crippen molar-refractivity contribution in [3.05, 3.63) is 65.4 Å². The van der Waals surface area contributed by atoms with Crippen molar-refractivity contribution < 1.29 is 4.79 Å². The molecule has 1 aliphatic rings. The minimum atomic E-state index is -0.210. The third kappa shape index (κ3) is 4.37. The van der Waals surface area contributed by atoms with E-state index in [0.717, 1.165) is 54.3 Å². The maximum absolute atomic E-state index is 12.8. The van der Waals surface area contributed by atoms with Crippen molar-refractivity contribution >= 4 is 44.8 Å². The molecule has 4 aromatic rings. The lowest BCUT2D eigenvalue weighted by Gasteiger charge is -2.31. The molecule has 0 atom stereocenters. The normalized spacial score (nSPS) is 14.0. The second-order valence-corrected chi connectivity index (χ2v) is 8.18. The largest absolute Gasteiger partial charge is 0.367 e. The zero-order chi connectivity index (χ0) is 21.0. The lowest BCUT2D eigenvalue weighted by molar-refractivity contribution is 0.102. The van der Waals surface area contributed by atoms with Gasteiger partial charge in [0.05, 0.1) is 23.6 Å². The van der Waals surface area contributed by atoms with Crippen LogP contribution in [0.5, 0.6) is 0 Å². The van der Waals surface area contributed by atoms with Gasteiger partial charge in [0.15, 0.2) is 5.13 Å². The van der Waals surface area contributed by atoms with Gasteiger partial charge >= 0.3 is 0 Å². The Balaban J connectivity index is 1.24. The molecule has 158 valence electrons. The van der Waals surface area contributed by atoms with E-state index in [1.807, 2.05) is 48.7 Å². The number of anilines is 3.